The van der Waals surface area contributed by atoms with Gasteiger partial charge >= 0.3 is 0 Å². The van der Waals surface area contributed by atoms with Crippen molar-refractivity contribution in [1.29, 1.82) is 5.26 Å². The summed E-state index contributed by atoms with van der Waals surface area (Å²) in [6.07, 6.45) is 1.58. The highest BCUT2D eigenvalue weighted by Gasteiger charge is 2.33. The molecular formula is C23H19N5O. The first kappa shape index (κ1) is 18.4. The van der Waals surface area contributed by atoms with E-state index in [4.69, 9.17) is 5.26 Å². The summed E-state index contributed by atoms with van der Waals surface area (Å²) in [4.78, 5) is 14.8. The van der Waals surface area contributed by atoms with E-state index in [1.165, 1.54) is 0 Å². The molecule has 0 N–H and O–H groups in total. The Kier molecular flexibility index (Phi) is 4.80. The number of hydrogen-bond acceptors (Lipinski definition) is 4. The van der Waals surface area contributed by atoms with Gasteiger partial charge in [-0.3, -0.25) is 4.79 Å². The van der Waals surface area contributed by atoms with Crippen LogP contribution in [0.5, 0.6) is 0 Å². The lowest BCUT2D eigenvalue weighted by Crippen LogP contribution is -2.29. The number of carbonyl (C=O) groups is 1. The van der Waals surface area contributed by atoms with Gasteiger partial charge in [0, 0.05) is 23.9 Å². The Morgan fingerprint density at radius 1 is 1.10 bits per heavy atom. The summed E-state index contributed by atoms with van der Waals surface area (Å²) in [5.74, 6) is -0.172. The Hall–Kier alpha value is -3.98. The first-order valence-corrected chi connectivity index (χ1v) is 9.23. The third kappa shape index (κ3) is 3.34. The summed E-state index contributed by atoms with van der Waals surface area (Å²) in [5.41, 5.74) is 5.23. The molecular weight excluding hydrogens is 362 g/mol. The number of fused-ring (bicyclic) bond motifs is 1. The molecule has 0 bridgehead atoms. The Balaban J connectivity index is 1.66. The molecule has 0 saturated heterocycles. The standard InChI is InChI=1S/C23H19N5O/c1-16-18(12-19(13-24)27(16)2)14-25-26-22-20-10-6-7-11-21(20)28(23(22)29)15-17-8-4-3-5-9-17/h3-12,14H,15H2,1-2H3/b25-14-,26-22-. The molecule has 0 unspecified atom stereocenters. The van der Waals surface area contributed by atoms with Crippen molar-refractivity contribution < 1.29 is 4.79 Å². The molecule has 0 radical (unpaired) electrons. The number of nitriles is 1. The molecule has 1 amide bonds. The van der Waals surface area contributed by atoms with Crippen LogP contribution < -0.4 is 4.90 Å². The van der Waals surface area contributed by atoms with Crippen LogP contribution in [0.3, 0.4) is 0 Å². The molecule has 4 rings (SSSR count). The molecule has 3 aromatic rings. The zero-order valence-electron chi connectivity index (χ0n) is 16.2. The topological polar surface area (TPSA) is 73.8 Å². The predicted molar refractivity (Wildman–Crippen MR) is 113 cm³/mol. The van der Waals surface area contributed by atoms with Crippen molar-refractivity contribution in [3.05, 3.63) is 88.7 Å². The van der Waals surface area contributed by atoms with E-state index in [1.807, 2.05) is 68.6 Å². The minimum Gasteiger partial charge on any atom is -0.339 e. The number of amides is 1. The van der Waals surface area contributed by atoms with E-state index in [0.717, 1.165) is 28.1 Å². The molecule has 0 spiro atoms. The number of nitrogens with zero attached hydrogens (tertiary/aromatic N) is 5. The van der Waals surface area contributed by atoms with Gasteiger partial charge in [0.15, 0.2) is 5.71 Å². The summed E-state index contributed by atoms with van der Waals surface area (Å²) in [5, 5.41) is 17.6. The van der Waals surface area contributed by atoms with Gasteiger partial charge in [-0.05, 0) is 24.6 Å². The van der Waals surface area contributed by atoms with E-state index in [2.05, 4.69) is 16.3 Å². The largest absolute Gasteiger partial charge is 0.339 e. The zero-order chi connectivity index (χ0) is 20.4. The van der Waals surface area contributed by atoms with Crippen LogP contribution in [0.4, 0.5) is 5.69 Å². The predicted octanol–water partition coefficient (Wildman–Crippen LogP) is 3.58. The summed E-state index contributed by atoms with van der Waals surface area (Å²) in [6.45, 7) is 2.38. The maximum Gasteiger partial charge on any atom is 0.279 e. The van der Waals surface area contributed by atoms with Gasteiger partial charge in [0.2, 0.25) is 0 Å². The summed E-state index contributed by atoms with van der Waals surface area (Å²) < 4.78 is 1.80. The van der Waals surface area contributed by atoms with Crippen molar-refractivity contribution >= 4 is 23.5 Å². The molecule has 2 aromatic carbocycles. The maximum absolute atomic E-state index is 13.1. The smallest absolute Gasteiger partial charge is 0.279 e. The van der Waals surface area contributed by atoms with Crippen LogP contribution in [0.15, 0.2) is 70.9 Å². The van der Waals surface area contributed by atoms with Gasteiger partial charge in [0.05, 0.1) is 18.4 Å². The van der Waals surface area contributed by atoms with Crippen molar-refractivity contribution in [3.8, 4) is 6.07 Å². The van der Waals surface area contributed by atoms with Gasteiger partial charge < -0.3 is 9.47 Å². The Morgan fingerprint density at radius 3 is 2.55 bits per heavy atom. The second kappa shape index (κ2) is 7.56. The number of para-hydroxylation sites is 1. The number of rotatable bonds is 4. The molecule has 1 aliphatic heterocycles. The Bertz CT molecular complexity index is 1180. The van der Waals surface area contributed by atoms with Gasteiger partial charge in [-0.1, -0.05) is 48.5 Å². The highest BCUT2D eigenvalue weighted by atomic mass is 16.2. The van der Waals surface area contributed by atoms with Crippen molar-refractivity contribution in [2.75, 3.05) is 4.90 Å². The van der Waals surface area contributed by atoms with Crippen molar-refractivity contribution in [2.45, 2.75) is 13.5 Å². The lowest BCUT2D eigenvalue weighted by molar-refractivity contribution is -0.112. The summed E-state index contributed by atoms with van der Waals surface area (Å²) in [7, 11) is 1.83. The average Bonchev–Trinajstić information content (AvgIpc) is 3.17. The van der Waals surface area contributed by atoms with Gasteiger partial charge in [-0.25, -0.2) is 0 Å². The SMILES string of the molecule is Cc1c(/C=N\N=C2/C(=O)N(Cc3ccccc3)c3ccccc32)cc(C#N)n1C. The molecule has 142 valence electrons. The summed E-state index contributed by atoms with van der Waals surface area (Å²) >= 11 is 0. The number of benzene rings is 2. The Labute approximate surface area is 169 Å². The zero-order valence-corrected chi connectivity index (χ0v) is 16.2. The van der Waals surface area contributed by atoms with Gasteiger partial charge in [-0.15, -0.1) is 5.10 Å². The third-order valence-electron chi connectivity index (χ3n) is 5.12. The fourth-order valence-electron chi connectivity index (χ4n) is 3.39. The highest BCUT2D eigenvalue weighted by Crippen LogP contribution is 2.30. The normalized spacial score (nSPS) is 14.6. The third-order valence-corrected chi connectivity index (χ3v) is 5.12. The molecule has 29 heavy (non-hydrogen) atoms. The monoisotopic (exact) mass is 381 g/mol. The van der Waals surface area contributed by atoms with E-state index in [0.29, 0.717) is 18.0 Å². The molecule has 6 heteroatoms. The lowest BCUT2D eigenvalue weighted by Gasteiger charge is -2.16. The van der Waals surface area contributed by atoms with Crippen LogP contribution in [0.25, 0.3) is 0 Å². The highest BCUT2D eigenvalue weighted by molar-refractivity contribution is 6.54. The summed E-state index contributed by atoms with van der Waals surface area (Å²) in [6, 6.07) is 21.4. The average molecular weight is 381 g/mol. The molecule has 0 saturated carbocycles. The van der Waals surface area contributed by atoms with E-state index in [9.17, 15) is 4.79 Å². The number of hydrogen-bond donors (Lipinski definition) is 0. The maximum atomic E-state index is 13.1. The lowest BCUT2D eigenvalue weighted by atomic mass is 10.1. The molecule has 1 aliphatic rings. The van der Waals surface area contributed by atoms with Gasteiger partial charge in [0.25, 0.3) is 5.91 Å². The van der Waals surface area contributed by atoms with Crippen LogP contribution in [0.1, 0.15) is 28.1 Å². The second-order valence-electron chi connectivity index (χ2n) is 6.83. The molecule has 6 nitrogen and oxygen atoms in total. The number of carbonyl (C=O) groups excluding carboxylic acids is 1. The van der Waals surface area contributed by atoms with E-state index >= 15 is 0 Å². The fraction of sp³-hybridized carbons (Fsp3) is 0.130. The number of anilines is 1. The van der Waals surface area contributed by atoms with Crippen molar-refractivity contribution in [3.63, 3.8) is 0 Å². The number of aromatic nitrogens is 1. The Morgan fingerprint density at radius 2 is 1.83 bits per heavy atom. The van der Waals surface area contributed by atoms with Crippen LogP contribution in [0.2, 0.25) is 0 Å². The quantitative estimate of drug-likeness (QED) is 0.512. The van der Waals surface area contributed by atoms with Crippen molar-refractivity contribution in [1.82, 2.24) is 4.57 Å². The first-order chi connectivity index (χ1) is 14.1. The van der Waals surface area contributed by atoms with E-state index < -0.39 is 0 Å². The minimum absolute atomic E-state index is 0.172. The van der Waals surface area contributed by atoms with Crippen LogP contribution in [-0.2, 0) is 18.4 Å². The van der Waals surface area contributed by atoms with Gasteiger partial charge in [-0.2, -0.15) is 10.4 Å². The van der Waals surface area contributed by atoms with E-state index in [1.54, 1.807) is 21.7 Å². The van der Waals surface area contributed by atoms with Crippen LogP contribution in [0, 0.1) is 18.3 Å². The molecule has 0 atom stereocenters. The second-order valence-corrected chi connectivity index (χ2v) is 6.83. The molecule has 2 heterocycles. The minimum atomic E-state index is -0.172. The van der Waals surface area contributed by atoms with Crippen LogP contribution in [-0.4, -0.2) is 22.4 Å². The molecule has 1 aromatic heterocycles. The van der Waals surface area contributed by atoms with Crippen molar-refractivity contribution in [2.24, 2.45) is 17.3 Å². The van der Waals surface area contributed by atoms with Crippen LogP contribution >= 0.6 is 0 Å². The van der Waals surface area contributed by atoms with E-state index in [-0.39, 0.29) is 5.91 Å². The molecule has 0 aliphatic carbocycles. The first-order valence-electron chi connectivity index (χ1n) is 9.23. The van der Waals surface area contributed by atoms with Gasteiger partial charge in [0.1, 0.15) is 11.8 Å². The fourth-order valence-corrected chi connectivity index (χ4v) is 3.39. The molecule has 0 fully saturated rings.